The van der Waals surface area contributed by atoms with Crippen molar-refractivity contribution in [2.24, 2.45) is 0 Å². The number of hydrogen-bond acceptors (Lipinski definition) is 0. The molecule has 10 aromatic carbocycles. The van der Waals surface area contributed by atoms with Crippen molar-refractivity contribution in [3.8, 4) is 50.4 Å². The van der Waals surface area contributed by atoms with Gasteiger partial charge in [-0.05, 0) is 106 Å². The molecule has 3 aromatic heterocycles. The van der Waals surface area contributed by atoms with Crippen molar-refractivity contribution in [3.05, 3.63) is 236 Å². The molecule has 63 heavy (non-hydrogen) atoms. The number of fused-ring (bicyclic) bond motifs is 9. The van der Waals surface area contributed by atoms with Crippen molar-refractivity contribution in [3.63, 3.8) is 0 Å². The van der Waals surface area contributed by atoms with Crippen molar-refractivity contribution < 1.29 is 53.5 Å². The molecule has 294 valence electrons. The van der Waals surface area contributed by atoms with Gasteiger partial charge < -0.3 is 13.7 Å². The first-order valence-electron chi connectivity index (χ1n) is 38.0. The third kappa shape index (κ3) is 5.53. The lowest BCUT2D eigenvalue weighted by molar-refractivity contribution is 1.15. The van der Waals surface area contributed by atoms with Crippen LogP contribution in [-0.4, -0.2) is 13.7 Å². The molecule has 0 unspecified atom stereocenters. The van der Waals surface area contributed by atoms with Crippen LogP contribution in [0.5, 0.6) is 0 Å². The molecule has 13 rings (SSSR count). The van der Waals surface area contributed by atoms with Crippen LogP contribution in [0.3, 0.4) is 0 Å². The Bertz CT molecular complexity index is 6100. The highest BCUT2D eigenvalue weighted by Gasteiger charge is 2.21. The first-order chi connectivity index (χ1) is 47.5. The van der Waals surface area contributed by atoms with Gasteiger partial charge in [0.15, 0.2) is 0 Å². The van der Waals surface area contributed by atoms with Crippen LogP contribution >= 0.6 is 0 Å². The van der Waals surface area contributed by atoms with Crippen LogP contribution in [-0.2, 0) is 0 Å². The van der Waals surface area contributed by atoms with E-state index < -0.39 is 352 Å². The number of para-hydroxylation sites is 4. The number of rotatable bonds is 6. The Labute approximate surface area is 419 Å². The van der Waals surface area contributed by atoms with Gasteiger partial charge in [-0.3, -0.25) is 0 Å². The van der Waals surface area contributed by atoms with E-state index in [0.717, 1.165) is 4.57 Å². The summed E-state index contributed by atoms with van der Waals surface area (Å²) in [6.07, 6.45) is 0. The highest BCUT2D eigenvalue weighted by molar-refractivity contribution is 6.17. The highest BCUT2D eigenvalue weighted by atomic mass is 15.0. The van der Waals surface area contributed by atoms with Crippen LogP contribution in [0.15, 0.2) is 236 Å². The Hall–Kier alpha value is -8.40. The van der Waals surface area contributed by atoms with Crippen LogP contribution in [0.2, 0.25) is 0 Å². The van der Waals surface area contributed by atoms with Gasteiger partial charge in [0.05, 0.1) is 92.2 Å². The Morgan fingerprint density at radius 2 is 0.651 bits per heavy atom. The molecule has 0 spiro atoms. The topological polar surface area (TPSA) is 14.8 Å². The summed E-state index contributed by atoms with van der Waals surface area (Å²) in [4.78, 5) is 0. The van der Waals surface area contributed by atoms with Crippen molar-refractivity contribution >= 4 is 65.4 Å². The van der Waals surface area contributed by atoms with Crippen molar-refractivity contribution in [1.29, 1.82) is 0 Å². The van der Waals surface area contributed by atoms with Crippen LogP contribution in [0.25, 0.3) is 116 Å². The molecule has 0 N–H and O–H groups in total. The molecule has 3 heterocycles. The zero-order chi connectivity index (χ0) is 75.4. The third-order valence-electron chi connectivity index (χ3n) is 10.2. The van der Waals surface area contributed by atoms with Gasteiger partial charge in [-0.15, -0.1) is 0 Å². The van der Waals surface area contributed by atoms with Crippen molar-refractivity contribution in [2.75, 3.05) is 0 Å². The lowest BCUT2D eigenvalue weighted by Gasteiger charge is -2.15. The molecular weight excluding hydrogens is 763 g/mol. The summed E-state index contributed by atoms with van der Waals surface area (Å²) in [5.41, 5.74) is -14.8. The third-order valence-corrected chi connectivity index (χ3v) is 10.2. The zero-order valence-electron chi connectivity index (χ0n) is 70.3. The first kappa shape index (κ1) is 14.1. The van der Waals surface area contributed by atoms with E-state index >= 15 is 0 Å². The highest BCUT2D eigenvalue weighted by Crippen LogP contribution is 2.42. The molecule has 0 amide bonds. The fourth-order valence-corrected chi connectivity index (χ4v) is 7.59. The average molecular weight is 841 g/mol. The summed E-state index contributed by atoms with van der Waals surface area (Å²) in [5, 5.41) is -4.41. The smallest absolute Gasteiger partial charge is 0.0667 e. The van der Waals surface area contributed by atoms with Gasteiger partial charge in [-0.25, -0.2) is 0 Å². The van der Waals surface area contributed by atoms with E-state index in [2.05, 4.69) is 0 Å². The standard InChI is InChI=1S/C60H39N3/c1-3-17-40(18-4-1)42-21-15-22-43(35-42)45-36-44(41-19-5-2-6-20-41)37-47(38-45)62-53-27-11-7-25-50(53)51-34-33-46(39-59(51)62)61-56-30-14-10-26-52(56)60-57(61)31-16-32-58(60)63-54-28-12-8-23-48(54)49-24-9-13-29-55(49)63/h1-39H/i1D,2D,3D,4D,5D,6D,7D,8D,9D,10D,11D,12D,13D,14D,15D,16D,17D,18D,19D,20D,21D,22D,23D,24D,25D,26D,27D,28D,29D,30D,31D,32D,33D,34D,35D,36D,37D,38D,39D. The summed E-state index contributed by atoms with van der Waals surface area (Å²) >= 11 is 0. The largest absolute Gasteiger partial charge is 0.309 e. The normalized spacial score (nSPS) is 20.5. The van der Waals surface area contributed by atoms with E-state index in [4.69, 9.17) is 27.4 Å². The van der Waals surface area contributed by atoms with Crippen molar-refractivity contribution in [2.45, 2.75) is 0 Å². The lowest BCUT2D eigenvalue weighted by atomic mass is 9.95. The van der Waals surface area contributed by atoms with E-state index in [1.54, 1.807) is 0 Å². The second-order valence-electron chi connectivity index (χ2n) is 13.5. The number of benzene rings is 10. The van der Waals surface area contributed by atoms with Gasteiger partial charge in [0.1, 0.15) is 0 Å². The first-order valence-corrected chi connectivity index (χ1v) is 18.5. The summed E-state index contributed by atoms with van der Waals surface area (Å²) in [5.74, 6) is 0. The Balaban J connectivity index is 1.32. The monoisotopic (exact) mass is 841 g/mol. The minimum Gasteiger partial charge on any atom is -0.309 e. The Morgan fingerprint density at radius 3 is 1.29 bits per heavy atom. The predicted octanol–water partition coefficient (Wildman–Crippen LogP) is 16.0. The lowest BCUT2D eigenvalue weighted by Crippen LogP contribution is -1.98. The maximum absolute atomic E-state index is 10.6. The predicted molar refractivity (Wildman–Crippen MR) is 266 cm³/mol. The van der Waals surface area contributed by atoms with Gasteiger partial charge in [0.25, 0.3) is 0 Å². The summed E-state index contributed by atoms with van der Waals surface area (Å²) in [6, 6.07) is -43.0. The minimum absolute atomic E-state index is 0.509. The number of hydrogen-bond donors (Lipinski definition) is 0. The second-order valence-corrected chi connectivity index (χ2v) is 13.5. The number of aromatic nitrogens is 3. The molecule has 0 saturated carbocycles. The zero-order valence-corrected chi connectivity index (χ0v) is 31.3. The molecule has 0 atom stereocenters. The van der Waals surface area contributed by atoms with Gasteiger partial charge in [0, 0.05) is 43.7 Å². The summed E-state index contributed by atoms with van der Waals surface area (Å²) in [7, 11) is 0. The molecule has 0 saturated heterocycles. The molecule has 3 heteroatoms. The minimum atomic E-state index is -1.37. The van der Waals surface area contributed by atoms with Gasteiger partial charge >= 0.3 is 0 Å². The van der Waals surface area contributed by atoms with Gasteiger partial charge in [-0.2, -0.15) is 0 Å². The van der Waals surface area contributed by atoms with E-state index in [1.165, 1.54) is 0 Å². The van der Waals surface area contributed by atoms with Gasteiger partial charge in [0.2, 0.25) is 0 Å². The van der Waals surface area contributed by atoms with Crippen molar-refractivity contribution in [1.82, 2.24) is 13.7 Å². The maximum Gasteiger partial charge on any atom is 0.0667 e. The van der Waals surface area contributed by atoms with E-state index in [1.807, 2.05) is 0 Å². The van der Waals surface area contributed by atoms with Crippen LogP contribution in [0.1, 0.15) is 53.5 Å². The van der Waals surface area contributed by atoms with Crippen LogP contribution in [0, 0.1) is 0 Å². The molecular formula is C60H39N3. The molecule has 0 aliphatic carbocycles. The molecule has 0 fully saturated rings. The van der Waals surface area contributed by atoms with Crippen LogP contribution < -0.4 is 0 Å². The molecule has 0 radical (unpaired) electrons. The maximum atomic E-state index is 10.6. The van der Waals surface area contributed by atoms with Gasteiger partial charge in [-0.1, -0.05) is 163 Å². The number of nitrogens with zero attached hydrogens (tertiary/aromatic N) is 3. The fraction of sp³-hybridized carbons (Fsp3) is 0. The molecule has 0 bridgehead atoms. The molecule has 13 aromatic rings. The summed E-state index contributed by atoms with van der Waals surface area (Å²) < 4.78 is 363. The molecule has 0 aliphatic heterocycles. The Morgan fingerprint density at radius 1 is 0.238 bits per heavy atom. The van der Waals surface area contributed by atoms with E-state index in [0.29, 0.717) is 9.13 Å². The van der Waals surface area contributed by atoms with E-state index in [-0.39, 0.29) is 0 Å². The van der Waals surface area contributed by atoms with E-state index in [9.17, 15) is 26.0 Å². The molecule has 0 aliphatic rings. The van der Waals surface area contributed by atoms with Crippen LogP contribution in [0.4, 0.5) is 0 Å². The second kappa shape index (κ2) is 14.1. The fourth-order valence-electron chi connectivity index (χ4n) is 7.59. The SMILES string of the molecule is [2H]c1c([2H])c([2H])c(-c2c([2H])c([2H])c([2H])c(-c3c([2H])c(-c4c([2H])c([2H])c([2H])c([2H])c4[2H])c([2H])c(-n4c5c([2H])c([2H])c([2H])c([2H])c5c5c([2H])c([2H])c(-n6c7c([2H])c([2H])c([2H])c([2H])c7c7c(-n8c9c([2H])c([2H])c([2H])c([2H])c9c9c([2H])c([2H])c([2H])c([2H])c98)c([2H])c([2H])c([2H])c76)c([2H])c54)c3[2H])c2[2H])c([2H])c1[2H]. The summed E-state index contributed by atoms with van der Waals surface area (Å²) in [6.45, 7) is 0. The quantitative estimate of drug-likeness (QED) is 0.158. The molecule has 3 nitrogen and oxygen atoms in total. The average Bonchev–Trinajstić information content (AvgIpc) is 1.50. The Kier molecular flexibility index (Phi) is 3.15.